The number of aryl methyl sites for hydroxylation is 2. The first-order chi connectivity index (χ1) is 14.6. The molecule has 0 amide bonds. The zero-order valence-corrected chi connectivity index (χ0v) is 19.9. The van der Waals surface area contributed by atoms with Gasteiger partial charge in [-0.2, -0.15) is 0 Å². The van der Waals surface area contributed by atoms with E-state index in [1.54, 1.807) is 26.0 Å². The average Bonchev–Trinajstić information content (AvgIpc) is 2.73. The zero-order chi connectivity index (χ0) is 22.0. The smallest absolute Gasteiger partial charge is 0.338 e. The molecule has 172 valence electrons. The van der Waals surface area contributed by atoms with E-state index in [1.165, 1.54) is 89.9 Å². The summed E-state index contributed by atoms with van der Waals surface area (Å²) >= 11 is 0. The molecule has 0 radical (unpaired) electrons. The van der Waals surface area contributed by atoms with Crippen molar-refractivity contribution >= 4 is 5.97 Å². The summed E-state index contributed by atoms with van der Waals surface area (Å²) in [5.74, 6) is -0.0356. The van der Waals surface area contributed by atoms with Crippen LogP contribution in [0.5, 0.6) is 5.75 Å². The molecule has 0 saturated carbocycles. The minimum Gasteiger partial charge on any atom is -0.507 e. The molecule has 0 saturated heterocycles. The summed E-state index contributed by atoms with van der Waals surface area (Å²) in [4.78, 5) is 12.1. The van der Waals surface area contributed by atoms with Gasteiger partial charge in [-0.15, -0.1) is 0 Å². The van der Waals surface area contributed by atoms with Gasteiger partial charge >= 0.3 is 5.97 Å². The Morgan fingerprint density at radius 3 is 1.47 bits per heavy atom. The van der Waals surface area contributed by atoms with E-state index in [0.29, 0.717) is 23.3 Å². The molecule has 1 aromatic carbocycles. The van der Waals surface area contributed by atoms with Crippen LogP contribution in [-0.4, -0.2) is 17.7 Å². The summed E-state index contributed by atoms with van der Waals surface area (Å²) in [5, 5.41) is 9.79. The lowest BCUT2D eigenvalue weighted by Crippen LogP contribution is -2.07. The van der Waals surface area contributed by atoms with Gasteiger partial charge < -0.3 is 9.84 Å². The molecule has 0 heterocycles. The Kier molecular flexibility index (Phi) is 15.2. The van der Waals surface area contributed by atoms with Crippen molar-refractivity contribution in [3.63, 3.8) is 0 Å². The zero-order valence-electron chi connectivity index (χ0n) is 19.9. The Hall–Kier alpha value is -1.51. The second-order valence-electron chi connectivity index (χ2n) is 8.90. The summed E-state index contributed by atoms with van der Waals surface area (Å²) in [6, 6.07) is 3.39. The van der Waals surface area contributed by atoms with Crippen LogP contribution in [0.2, 0.25) is 0 Å². The quantitative estimate of drug-likeness (QED) is 0.192. The Bertz CT molecular complexity index is 556. The molecule has 1 rings (SSSR count). The van der Waals surface area contributed by atoms with E-state index in [9.17, 15) is 9.90 Å². The lowest BCUT2D eigenvalue weighted by molar-refractivity contribution is 0.0497. The predicted octanol–water partition coefficient (Wildman–Crippen LogP) is 8.43. The van der Waals surface area contributed by atoms with Crippen LogP contribution < -0.4 is 0 Å². The van der Waals surface area contributed by atoms with Crippen molar-refractivity contribution in [3.05, 3.63) is 28.8 Å². The Balaban J connectivity index is 1.88. The van der Waals surface area contributed by atoms with Gasteiger partial charge in [0.1, 0.15) is 5.75 Å². The van der Waals surface area contributed by atoms with Gasteiger partial charge in [0.25, 0.3) is 0 Å². The van der Waals surface area contributed by atoms with Crippen LogP contribution in [0.25, 0.3) is 0 Å². The molecule has 0 atom stereocenters. The second-order valence-corrected chi connectivity index (χ2v) is 8.90. The van der Waals surface area contributed by atoms with E-state index in [2.05, 4.69) is 6.92 Å². The molecule has 3 nitrogen and oxygen atoms in total. The van der Waals surface area contributed by atoms with Crippen molar-refractivity contribution in [2.24, 2.45) is 0 Å². The number of ether oxygens (including phenoxy) is 1. The maximum atomic E-state index is 12.1. The number of aromatic hydroxyl groups is 1. The van der Waals surface area contributed by atoms with Gasteiger partial charge in [-0.1, -0.05) is 103 Å². The number of benzene rings is 1. The van der Waals surface area contributed by atoms with Crippen molar-refractivity contribution in [1.29, 1.82) is 0 Å². The first-order valence-electron chi connectivity index (χ1n) is 12.5. The molecule has 0 aromatic heterocycles. The number of rotatable bonds is 18. The minimum absolute atomic E-state index is 0.254. The molecule has 0 fully saturated rings. The number of esters is 1. The third-order valence-electron chi connectivity index (χ3n) is 5.96. The highest BCUT2D eigenvalue weighted by molar-refractivity contribution is 5.90. The molecule has 1 N–H and O–H groups in total. The molecular weight excluding hydrogens is 372 g/mol. The SMILES string of the molecule is CCCCCCCCCCCCCCCCCCOC(=O)c1cc(C)c(O)c(C)c1. The van der Waals surface area contributed by atoms with Gasteiger partial charge in [-0.25, -0.2) is 4.79 Å². The van der Waals surface area contributed by atoms with Crippen molar-refractivity contribution in [3.8, 4) is 5.75 Å². The molecule has 0 aliphatic rings. The highest BCUT2D eigenvalue weighted by Crippen LogP contribution is 2.23. The lowest BCUT2D eigenvalue weighted by Gasteiger charge is -2.08. The normalized spacial score (nSPS) is 11.0. The Labute approximate surface area is 185 Å². The highest BCUT2D eigenvalue weighted by atomic mass is 16.5. The maximum Gasteiger partial charge on any atom is 0.338 e. The van der Waals surface area contributed by atoms with Crippen LogP contribution in [0.15, 0.2) is 12.1 Å². The van der Waals surface area contributed by atoms with Gasteiger partial charge in [-0.3, -0.25) is 0 Å². The van der Waals surface area contributed by atoms with Gasteiger partial charge in [0.05, 0.1) is 12.2 Å². The van der Waals surface area contributed by atoms with Gasteiger partial charge in [0.2, 0.25) is 0 Å². The first-order valence-corrected chi connectivity index (χ1v) is 12.5. The Morgan fingerprint density at radius 1 is 0.700 bits per heavy atom. The molecule has 1 aromatic rings. The fraction of sp³-hybridized carbons (Fsp3) is 0.741. The topological polar surface area (TPSA) is 46.5 Å². The van der Waals surface area contributed by atoms with Crippen LogP contribution >= 0.6 is 0 Å². The lowest BCUT2D eigenvalue weighted by atomic mass is 10.0. The number of hydrogen-bond acceptors (Lipinski definition) is 3. The van der Waals surface area contributed by atoms with Gasteiger partial charge in [-0.05, 0) is 43.5 Å². The van der Waals surface area contributed by atoms with Gasteiger partial charge in [0, 0.05) is 0 Å². The minimum atomic E-state index is -0.290. The summed E-state index contributed by atoms with van der Waals surface area (Å²) < 4.78 is 5.38. The third-order valence-corrected chi connectivity index (χ3v) is 5.96. The second kappa shape index (κ2) is 17.2. The van der Waals surface area contributed by atoms with Crippen LogP contribution in [-0.2, 0) is 4.74 Å². The molecule has 0 spiro atoms. The standard InChI is InChI=1S/C27H46O3/c1-4-5-6-7-8-9-10-11-12-13-14-15-16-17-18-19-20-30-27(29)25-21-23(2)26(28)24(3)22-25/h21-22,28H,4-20H2,1-3H3. The van der Waals surface area contributed by atoms with Crippen LogP contribution in [0.4, 0.5) is 0 Å². The van der Waals surface area contributed by atoms with Crippen LogP contribution in [0, 0.1) is 13.8 Å². The third kappa shape index (κ3) is 12.2. The van der Waals surface area contributed by atoms with E-state index in [-0.39, 0.29) is 11.7 Å². The number of phenolic OH excluding ortho intramolecular Hbond substituents is 1. The molecule has 0 aliphatic heterocycles. The number of hydrogen-bond donors (Lipinski definition) is 1. The number of carbonyl (C=O) groups excluding carboxylic acids is 1. The monoisotopic (exact) mass is 418 g/mol. The van der Waals surface area contributed by atoms with Gasteiger partial charge in [0.15, 0.2) is 0 Å². The number of carbonyl (C=O) groups is 1. The largest absolute Gasteiger partial charge is 0.507 e. The molecule has 30 heavy (non-hydrogen) atoms. The number of phenols is 1. The first kappa shape index (κ1) is 26.5. The van der Waals surface area contributed by atoms with Crippen LogP contribution in [0.3, 0.4) is 0 Å². The maximum absolute atomic E-state index is 12.1. The fourth-order valence-corrected chi connectivity index (χ4v) is 3.97. The predicted molar refractivity (Wildman–Crippen MR) is 127 cm³/mol. The number of unbranched alkanes of at least 4 members (excludes halogenated alkanes) is 15. The van der Waals surface area contributed by atoms with E-state index in [1.807, 2.05) is 0 Å². The van der Waals surface area contributed by atoms with Crippen molar-refractivity contribution in [2.75, 3.05) is 6.61 Å². The molecular formula is C27H46O3. The molecule has 0 unspecified atom stereocenters. The average molecular weight is 419 g/mol. The van der Waals surface area contributed by atoms with Crippen LogP contribution in [0.1, 0.15) is 131 Å². The molecule has 0 aliphatic carbocycles. The summed E-state index contributed by atoms with van der Waals surface area (Å²) in [6.07, 6.45) is 21.4. The highest BCUT2D eigenvalue weighted by Gasteiger charge is 2.11. The Morgan fingerprint density at radius 2 is 1.07 bits per heavy atom. The van der Waals surface area contributed by atoms with E-state index < -0.39 is 0 Å². The van der Waals surface area contributed by atoms with Crippen molar-refractivity contribution < 1.29 is 14.6 Å². The van der Waals surface area contributed by atoms with Crippen molar-refractivity contribution in [1.82, 2.24) is 0 Å². The van der Waals surface area contributed by atoms with E-state index in [0.717, 1.165) is 12.8 Å². The van der Waals surface area contributed by atoms with E-state index >= 15 is 0 Å². The van der Waals surface area contributed by atoms with E-state index in [4.69, 9.17) is 4.74 Å². The summed E-state index contributed by atoms with van der Waals surface area (Å²) in [5.41, 5.74) is 1.95. The summed E-state index contributed by atoms with van der Waals surface area (Å²) in [7, 11) is 0. The fourth-order valence-electron chi connectivity index (χ4n) is 3.97. The molecule has 0 bridgehead atoms. The molecule has 3 heteroatoms. The summed E-state index contributed by atoms with van der Waals surface area (Å²) in [6.45, 7) is 6.36. The van der Waals surface area contributed by atoms with Crippen molar-refractivity contribution in [2.45, 2.75) is 124 Å².